The highest BCUT2D eigenvalue weighted by Gasteiger charge is 2.17. The molecule has 114 valence electrons. The smallest absolute Gasteiger partial charge is 0.228 e. The lowest BCUT2D eigenvalue weighted by atomic mass is 10.2. The highest BCUT2D eigenvalue weighted by Crippen LogP contribution is 2.13. The molecule has 21 heavy (non-hydrogen) atoms. The van der Waals surface area contributed by atoms with E-state index in [1.807, 2.05) is 42.1 Å². The Morgan fingerprint density at radius 1 is 1.33 bits per heavy atom. The SMILES string of the molecule is Cl.c1ccc(OCc2noc(CC3CSCCN3)n2)cc1. The highest BCUT2D eigenvalue weighted by atomic mass is 35.5. The van der Waals surface area contributed by atoms with Crippen molar-refractivity contribution in [3.8, 4) is 5.75 Å². The van der Waals surface area contributed by atoms with Crippen LogP contribution >= 0.6 is 24.2 Å². The van der Waals surface area contributed by atoms with E-state index in [4.69, 9.17) is 9.26 Å². The van der Waals surface area contributed by atoms with Crippen LogP contribution in [0.2, 0.25) is 0 Å². The summed E-state index contributed by atoms with van der Waals surface area (Å²) >= 11 is 1.96. The maximum absolute atomic E-state index is 5.59. The summed E-state index contributed by atoms with van der Waals surface area (Å²) in [4.78, 5) is 4.37. The molecule has 1 aromatic carbocycles. The molecule has 1 aliphatic rings. The van der Waals surface area contributed by atoms with Gasteiger partial charge in [0, 0.05) is 30.5 Å². The summed E-state index contributed by atoms with van der Waals surface area (Å²) in [6.45, 7) is 1.38. The van der Waals surface area contributed by atoms with E-state index in [2.05, 4.69) is 15.5 Å². The Hall–Kier alpha value is -1.24. The highest BCUT2D eigenvalue weighted by molar-refractivity contribution is 7.99. The molecular formula is C14H18ClN3O2S. The van der Waals surface area contributed by atoms with Gasteiger partial charge in [0.15, 0.2) is 6.61 Å². The van der Waals surface area contributed by atoms with E-state index in [-0.39, 0.29) is 12.4 Å². The maximum atomic E-state index is 5.59. The second kappa shape index (κ2) is 8.26. The van der Waals surface area contributed by atoms with Gasteiger partial charge in [0.1, 0.15) is 5.75 Å². The first-order chi connectivity index (χ1) is 9.90. The number of nitrogens with zero attached hydrogens (tertiary/aromatic N) is 2. The first kappa shape index (κ1) is 16.1. The standard InChI is InChI=1S/C14H17N3O2S.ClH/c1-2-4-12(5-3-1)18-9-13-16-14(19-17-13)8-11-10-20-7-6-15-11;/h1-5,11,15H,6-10H2;1H. The van der Waals surface area contributed by atoms with Gasteiger partial charge in [-0.3, -0.25) is 0 Å². The van der Waals surface area contributed by atoms with Crippen LogP contribution in [0.3, 0.4) is 0 Å². The van der Waals surface area contributed by atoms with Gasteiger partial charge < -0.3 is 14.6 Å². The quantitative estimate of drug-likeness (QED) is 0.909. The molecule has 2 aromatic rings. The normalized spacial score (nSPS) is 18.0. The molecule has 0 radical (unpaired) electrons. The van der Waals surface area contributed by atoms with E-state index in [1.165, 1.54) is 5.75 Å². The largest absolute Gasteiger partial charge is 0.485 e. The van der Waals surface area contributed by atoms with Gasteiger partial charge in [-0.1, -0.05) is 23.4 Å². The number of nitrogens with one attached hydrogen (secondary N) is 1. The molecule has 1 unspecified atom stereocenters. The zero-order valence-corrected chi connectivity index (χ0v) is 13.2. The van der Waals surface area contributed by atoms with Crippen molar-refractivity contribution in [3.63, 3.8) is 0 Å². The number of rotatable bonds is 5. The molecule has 0 bridgehead atoms. The molecule has 1 fully saturated rings. The van der Waals surface area contributed by atoms with Crippen molar-refractivity contribution in [2.75, 3.05) is 18.1 Å². The third kappa shape index (κ3) is 4.91. The molecular weight excluding hydrogens is 310 g/mol. The van der Waals surface area contributed by atoms with Crippen molar-refractivity contribution < 1.29 is 9.26 Å². The zero-order chi connectivity index (χ0) is 13.6. The molecule has 0 saturated carbocycles. The second-order valence-electron chi connectivity index (χ2n) is 4.64. The van der Waals surface area contributed by atoms with Crippen LogP contribution in [0.25, 0.3) is 0 Å². The van der Waals surface area contributed by atoms with E-state index in [1.54, 1.807) is 0 Å². The van der Waals surface area contributed by atoms with Crippen LogP contribution in [-0.2, 0) is 13.0 Å². The van der Waals surface area contributed by atoms with Gasteiger partial charge in [0.25, 0.3) is 0 Å². The van der Waals surface area contributed by atoms with Gasteiger partial charge >= 0.3 is 0 Å². The first-order valence-corrected chi connectivity index (χ1v) is 7.86. The fourth-order valence-corrected chi connectivity index (χ4v) is 3.01. The molecule has 0 aliphatic carbocycles. The zero-order valence-electron chi connectivity index (χ0n) is 11.5. The average molecular weight is 328 g/mol. The predicted molar refractivity (Wildman–Crippen MR) is 85.1 cm³/mol. The number of benzene rings is 1. The Kier molecular flexibility index (Phi) is 6.35. The van der Waals surface area contributed by atoms with E-state index < -0.39 is 0 Å². The molecule has 3 rings (SSSR count). The number of hydrogen-bond acceptors (Lipinski definition) is 6. The van der Waals surface area contributed by atoms with Crippen LogP contribution < -0.4 is 10.1 Å². The molecule has 1 atom stereocenters. The summed E-state index contributed by atoms with van der Waals surface area (Å²) in [7, 11) is 0. The van der Waals surface area contributed by atoms with Crippen LogP contribution in [0.5, 0.6) is 5.75 Å². The molecule has 1 aromatic heterocycles. The van der Waals surface area contributed by atoms with Gasteiger partial charge in [0.05, 0.1) is 0 Å². The maximum Gasteiger partial charge on any atom is 0.228 e. The van der Waals surface area contributed by atoms with Gasteiger partial charge in [-0.05, 0) is 12.1 Å². The number of para-hydroxylation sites is 1. The predicted octanol–water partition coefficient (Wildman–Crippen LogP) is 2.32. The van der Waals surface area contributed by atoms with Crippen molar-refractivity contribution in [1.29, 1.82) is 0 Å². The minimum absolute atomic E-state index is 0. The molecule has 7 heteroatoms. The number of ether oxygens (including phenoxy) is 1. The minimum Gasteiger partial charge on any atom is -0.485 e. The minimum atomic E-state index is 0. The molecule has 1 N–H and O–H groups in total. The average Bonchev–Trinajstić information content (AvgIpc) is 2.95. The second-order valence-corrected chi connectivity index (χ2v) is 5.79. The van der Waals surface area contributed by atoms with Crippen LogP contribution in [0.1, 0.15) is 11.7 Å². The van der Waals surface area contributed by atoms with Gasteiger partial charge in [0.2, 0.25) is 11.7 Å². The van der Waals surface area contributed by atoms with Crippen molar-refractivity contribution in [2.24, 2.45) is 0 Å². The molecule has 2 heterocycles. The fraction of sp³-hybridized carbons (Fsp3) is 0.429. The van der Waals surface area contributed by atoms with Crippen molar-refractivity contribution >= 4 is 24.2 Å². The lowest BCUT2D eigenvalue weighted by Gasteiger charge is -2.21. The molecule has 1 aliphatic heterocycles. The van der Waals surface area contributed by atoms with Gasteiger partial charge in [-0.2, -0.15) is 16.7 Å². The first-order valence-electron chi connectivity index (χ1n) is 6.70. The number of halogens is 1. The topological polar surface area (TPSA) is 60.2 Å². The van der Waals surface area contributed by atoms with E-state index in [0.717, 1.165) is 24.5 Å². The van der Waals surface area contributed by atoms with Crippen molar-refractivity contribution in [2.45, 2.75) is 19.1 Å². The summed E-state index contributed by atoms with van der Waals surface area (Å²) in [6.07, 6.45) is 0.783. The number of aromatic nitrogens is 2. The summed E-state index contributed by atoms with van der Waals surface area (Å²) in [5.74, 6) is 4.35. The fourth-order valence-electron chi connectivity index (χ4n) is 2.06. The third-order valence-corrected chi connectivity index (χ3v) is 4.17. The molecule has 5 nitrogen and oxygen atoms in total. The molecule has 0 amide bonds. The number of thioether (sulfide) groups is 1. The van der Waals surface area contributed by atoms with Crippen LogP contribution in [0.15, 0.2) is 34.9 Å². The van der Waals surface area contributed by atoms with E-state index in [9.17, 15) is 0 Å². The summed E-state index contributed by atoms with van der Waals surface area (Å²) in [5, 5.41) is 7.41. The van der Waals surface area contributed by atoms with Crippen LogP contribution in [0.4, 0.5) is 0 Å². The molecule has 0 spiro atoms. The summed E-state index contributed by atoms with van der Waals surface area (Å²) < 4.78 is 10.9. The van der Waals surface area contributed by atoms with Crippen LogP contribution in [-0.4, -0.2) is 34.2 Å². The Labute approximate surface area is 134 Å². The lowest BCUT2D eigenvalue weighted by Crippen LogP contribution is -2.38. The van der Waals surface area contributed by atoms with Gasteiger partial charge in [-0.25, -0.2) is 0 Å². The van der Waals surface area contributed by atoms with E-state index in [0.29, 0.717) is 24.4 Å². The Bertz CT molecular complexity index is 532. The summed E-state index contributed by atoms with van der Waals surface area (Å²) in [6, 6.07) is 10.1. The van der Waals surface area contributed by atoms with Crippen molar-refractivity contribution in [3.05, 3.63) is 42.0 Å². The lowest BCUT2D eigenvalue weighted by molar-refractivity contribution is 0.284. The Balaban J connectivity index is 0.00000161. The van der Waals surface area contributed by atoms with Crippen molar-refractivity contribution in [1.82, 2.24) is 15.5 Å². The number of hydrogen-bond donors (Lipinski definition) is 1. The van der Waals surface area contributed by atoms with Gasteiger partial charge in [-0.15, -0.1) is 12.4 Å². The van der Waals surface area contributed by atoms with Crippen LogP contribution in [0, 0.1) is 0 Å². The van der Waals surface area contributed by atoms with E-state index >= 15 is 0 Å². The summed E-state index contributed by atoms with van der Waals surface area (Å²) in [5.41, 5.74) is 0. The monoisotopic (exact) mass is 327 g/mol. The Morgan fingerprint density at radius 3 is 2.95 bits per heavy atom. The molecule has 1 saturated heterocycles. The third-order valence-electron chi connectivity index (χ3n) is 3.04. The Morgan fingerprint density at radius 2 is 2.19 bits per heavy atom.